The van der Waals surface area contributed by atoms with Crippen LogP contribution in [0.4, 0.5) is 8.78 Å². The first-order valence-electron chi connectivity index (χ1n) is 12.2. The maximum absolute atomic E-state index is 14.6. The highest BCUT2D eigenvalue weighted by Gasteiger charge is 2.24. The number of rotatable bonds is 8. The fourth-order valence-corrected chi connectivity index (χ4v) is 4.12. The molecule has 0 N–H and O–H groups in total. The molecule has 0 aliphatic carbocycles. The molecule has 0 bridgehead atoms. The van der Waals surface area contributed by atoms with E-state index in [-0.39, 0.29) is 24.4 Å². The summed E-state index contributed by atoms with van der Waals surface area (Å²) in [6.45, 7) is 2.23. The molecule has 5 aromatic rings. The predicted molar refractivity (Wildman–Crippen MR) is 139 cm³/mol. The van der Waals surface area contributed by atoms with Gasteiger partial charge in [0.05, 0.1) is 24.7 Å². The number of hydrogen-bond acceptors (Lipinski definition) is 5. The van der Waals surface area contributed by atoms with Crippen LogP contribution in [0.15, 0.2) is 89.6 Å². The number of nitriles is 1. The third kappa shape index (κ3) is 5.91. The van der Waals surface area contributed by atoms with E-state index >= 15 is 0 Å². The molecular weight excluding hydrogens is 500 g/mol. The number of amides is 1. The van der Waals surface area contributed by atoms with Crippen molar-refractivity contribution in [2.75, 3.05) is 0 Å². The van der Waals surface area contributed by atoms with Crippen molar-refractivity contribution >= 4 is 5.91 Å². The zero-order chi connectivity index (χ0) is 27.4. The van der Waals surface area contributed by atoms with Gasteiger partial charge in [0.15, 0.2) is 11.6 Å². The van der Waals surface area contributed by atoms with Crippen molar-refractivity contribution in [1.82, 2.24) is 19.7 Å². The number of aryl methyl sites for hydroxylation is 1. The van der Waals surface area contributed by atoms with E-state index in [4.69, 9.17) is 9.68 Å². The standard InChI is InChI=1S/C30H23F2N5O2/c1-20-2-8-23(9-3-20)27-12-13-28(39-27)30(38)36(17-24-10-11-25(31)14-26(24)32)18-29-35-34-19-37(29)16-22-6-4-21(15-33)5-7-22/h2-14,19H,16-18H2,1H3. The Morgan fingerprint density at radius 1 is 1.00 bits per heavy atom. The predicted octanol–water partition coefficient (Wildman–Crippen LogP) is 5.89. The van der Waals surface area contributed by atoms with Gasteiger partial charge in [0.25, 0.3) is 5.91 Å². The Hall–Kier alpha value is -5.10. The van der Waals surface area contributed by atoms with Gasteiger partial charge < -0.3 is 13.9 Å². The molecule has 0 atom stereocenters. The smallest absolute Gasteiger partial charge is 0.290 e. The summed E-state index contributed by atoms with van der Waals surface area (Å²) in [7, 11) is 0. The molecule has 5 rings (SSSR count). The van der Waals surface area contributed by atoms with Crippen LogP contribution in [-0.4, -0.2) is 25.6 Å². The molecule has 194 valence electrons. The van der Waals surface area contributed by atoms with Crippen molar-refractivity contribution in [2.24, 2.45) is 0 Å². The molecule has 0 radical (unpaired) electrons. The number of furan rings is 1. The van der Waals surface area contributed by atoms with Gasteiger partial charge in [-0.25, -0.2) is 8.78 Å². The summed E-state index contributed by atoms with van der Waals surface area (Å²) in [6.07, 6.45) is 1.54. The first kappa shape index (κ1) is 25.5. The lowest BCUT2D eigenvalue weighted by atomic mass is 10.1. The minimum absolute atomic E-state index is 0.00745. The largest absolute Gasteiger partial charge is 0.451 e. The topological polar surface area (TPSA) is 88.0 Å². The molecule has 39 heavy (non-hydrogen) atoms. The summed E-state index contributed by atoms with van der Waals surface area (Å²) in [5.41, 5.74) is 3.51. The van der Waals surface area contributed by atoms with Gasteiger partial charge in [0, 0.05) is 23.7 Å². The maximum atomic E-state index is 14.6. The third-order valence-corrected chi connectivity index (χ3v) is 6.28. The highest BCUT2D eigenvalue weighted by atomic mass is 19.1. The molecule has 0 spiro atoms. The zero-order valence-corrected chi connectivity index (χ0v) is 21.0. The molecule has 0 saturated carbocycles. The van der Waals surface area contributed by atoms with Crippen molar-refractivity contribution in [1.29, 1.82) is 5.26 Å². The van der Waals surface area contributed by atoms with Crippen LogP contribution in [0.2, 0.25) is 0 Å². The molecule has 7 nitrogen and oxygen atoms in total. The molecule has 1 amide bonds. The average Bonchev–Trinajstić information content (AvgIpc) is 3.60. The van der Waals surface area contributed by atoms with Crippen LogP contribution in [0.1, 0.15) is 38.6 Å². The molecule has 3 aromatic carbocycles. The molecule has 0 saturated heterocycles. The van der Waals surface area contributed by atoms with Crippen LogP contribution in [-0.2, 0) is 19.6 Å². The monoisotopic (exact) mass is 523 g/mol. The molecule has 2 heterocycles. The van der Waals surface area contributed by atoms with Crippen molar-refractivity contribution in [3.63, 3.8) is 0 Å². The van der Waals surface area contributed by atoms with Crippen LogP contribution in [0.3, 0.4) is 0 Å². The van der Waals surface area contributed by atoms with Gasteiger partial charge in [-0.2, -0.15) is 5.26 Å². The van der Waals surface area contributed by atoms with E-state index in [1.807, 2.05) is 43.3 Å². The normalized spacial score (nSPS) is 10.8. The minimum atomic E-state index is -0.758. The van der Waals surface area contributed by atoms with E-state index in [1.54, 1.807) is 28.8 Å². The van der Waals surface area contributed by atoms with Crippen LogP contribution < -0.4 is 0 Å². The molecule has 0 unspecified atom stereocenters. The second-order valence-electron chi connectivity index (χ2n) is 9.11. The van der Waals surface area contributed by atoms with Gasteiger partial charge in [-0.05, 0) is 42.8 Å². The molecule has 2 aromatic heterocycles. The van der Waals surface area contributed by atoms with Crippen LogP contribution in [0.5, 0.6) is 0 Å². The lowest BCUT2D eigenvalue weighted by Gasteiger charge is -2.22. The Balaban J connectivity index is 1.43. The minimum Gasteiger partial charge on any atom is -0.451 e. The molecule has 0 aliphatic rings. The number of carbonyl (C=O) groups excluding carboxylic acids is 1. The van der Waals surface area contributed by atoms with E-state index in [0.29, 0.717) is 23.7 Å². The number of nitrogens with zero attached hydrogens (tertiary/aromatic N) is 5. The molecular formula is C30H23F2N5O2. The molecule has 0 aliphatic heterocycles. The fraction of sp³-hybridized carbons (Fsp3) is 0.133. The summed E-state index contributed by atoms with van der Waals surface area (Å²) < 4.78 is 35.8. The average molecular weight is 524 g/mol. The second kappa shape index (κ2) is 11.1. The van der Waals surface area contributed by atoms with E-state index in [9.17, 15) is 13.6 Å². The maximum Gasteiger partial charge on any atom is 0.290 e. The van der Waals surface area contributed by atoms with Gasteiger partial charge in [-0.15, -0.1) is 10.2 Å². The van der Waals surface area contributed by atoms with Crippen molar-refractivity contribution in [2.45, 2.75) is 26.6 Å². The van der Waals surface area contributed by atoms with E-state index < -0.39 is 17.5 Å². The summed E-state index contributed by atoms with van der Waals surface area (Å²) in [4.78, 5) is 15.0. The summed E-state index contributed by atoms with van der Waals surface area (Å²) in [5.74, 6) is -0.885. The lowest BCUT2D eigenvalue weighted by molar-refractivity contribution is 0.0690. The molecule has 0 fully saturated rings. The van der Waals surface area contributed by atoms with Gasteiger partial charge >= 0.3 is 0 Å². The SMILES string of the molecule is Cc1ccc(-c2ccc(C(=O)N(Cc3ccc(F)cc3F)Cc3nncn3Cc3ccc(C#N)cc3)o2)cc1. The van der Waals surface area contributed by atoms with Gasteiger partial charge in [0.1, 0.15) is 23.7 Å². The summed E-state index contributed by atoms with van der Waals surface area (Å²) >= 11 is 0. The van der Waals surface area contributed by atoms with Gasteiger partial charge in [-0.1, -0.05) is 48.0 Å². The summed E-state index contributed by atoms with van der Waals surface area (Å²) in [6, 6.07) is 23.4. The first-order valence-corrected chi connectivity index (χ1v) is 12.2. The number of benzene rings is 3. The Bertz CT molecular complexity index is 1650. The van der Waals surface area contributed by atoms with Crippen molar-refractivity contribution in [3.05, 3.63) is 131 Å². The van der Waals surface area contributed by atoms with Crippen LogP contribution in [0, 0.1) is 29.9 Å². The number of halogens is 2. The van der Waals surface area contributed by atoms with Crippen LogP contribution >= 0.6 is 0 Å². The fourth-order valence-electron chi connectivity index (χ4n) is 4.12. The van der Waals surface area contributed by atoms with Crippen molar-refractivity contribution in [3.8, 4) is 17.4 Å². The van der Waals surface area contributed by atoms with Crippen LogP contribution in [0.25, 0.3) is 11.3 Å². The zero-order valence-electron chi connectivity index (χ0n) is 21.0. The molecule has 9 heteroatoms. The number of carbonyl (C=O) groups is 1. The van der Waals surface area contributed by atoms with Gasteiger partial charge in [0.2, 0.25) is 0 Å². The Labute approximate surface area is 223 Å². The van der Waals surface area contributed by atoms with Crippen molar-refractivity contribution < 1.29 is 18.0 Å². The Kier molecular flexibility index (Phi) is 7.28. The lowest BCUT2D eigenvalue weighted by Crippen LogP contribution is -2.31. The highest BCUT2D eigenvalue weighted by molar-refractivity contribution is 5.92. The first-order chi connectivity index (χ1) is 18.9. The Morgan fingerprint density at radius 3 is 2.49 bits per heavy atom. The Morgan fingerprint density at radius 2 is 1.77 bits per heavy atom. The van der Waals surface area contributed by atoms with Gasteiger partial charge in [-0.3, -0.25) is 4.79 Å². The van der Waals surface area contributed by atoms with E-state index in [2.05, 4.69) is 16.3 Å². The number of hydrogen-bond donors (Lipinski definition) is 0. The highest BCUT2D eigenvalue weighted by Crippen LogP contribution is 2.25. The second-order valence-corrected chi connectivity index (χ2v) is 9.11. The quantitative estimate of drug-likeness (QED) is 0.253. The van der Waals surface area contributed by atoms with E-state index in [0.717, 1.165) is 28.8 Å². The third-order valence-electron chi connectivity index (χ3n) is 6.28. The number of aromatic nitrogens is 3. The summed E-state index contributed by atoms with van der Waals surface area (Å²) in [5, 5.41) is 17.2. The van der Waals surface area contributed by atoms with E-state index in [1.165, 1.54) is 17.3 Å².